The van der Waals surface area contributed by atoms with E-state index in [1.54, 1.807) is 23.5 Å². The van der Waals surface area contributed by atoms with Gasteiger partial charge >= 0.3 is 6.01 Å². The van der Waals surface area contributed by atoms with E-state index in [2.05, 4.69) is 15.5 Å². The van der Waals surface area contributed by atoms with Gasteiger partial charge in [0, 0.05) is 10.4 Å². The second-order valence-electron chi connectivity index (χ2n) is 5.81. The Labute approximate surface area is 172 Å². The Morgan fingerprint density at radius 2 is 1.76 bits per heavy atom. The molecule has 0 fully saturated rings. The molecule has 0 atom stereocenters. The number of nitrogens with zero attached hydrogens (tertiary/aromatic N) is 2. The fourth-order valence-electron chi connectivity index (χ4n) is 2.63. The Kier molecular flexibility index (Phi) is 7.07. The van der Waals surface area contributed by atoms with Gasteiger partial charge in [0.2, 0.25) is 11.6 Å². The molecule has 29 heavy (non-hydrogen) atoms. The number of carbonyl (C=O) groups excluding carboxylic acids is 1. The minimum Gasteiger partial charge on any atom is -0.490 e. The van der Waals surface area contributed by atoms with E-state index in [0.29, 0.717) is 54.9 Å². The summed E-state index contributed by atoms with van der Waals surface area (Å²) in [5.74, 6) is 1.37. The monoisotopic (exact) mass is 417 g/mol. The van der Waals surface area contributed by atoms with Crippen LogP contribution in [-0.4, -0.2) is 35.9 Å². The Morgan fingerprint density at radius 3 is 2.34 bits per heavy atom. The van der Waals surface area contributed by atoms with Crippen LogP contribution in [0.1, 0.15) is 41.9 Å². The van der Waals surface area contributed by atoms with Crippen molar-refractivity contribution in [2.24, 2.45) is 0 Å². The highest BCUT2D eigenvalue weighted by atomic mass is 32.1. The number of benzene rings is 1. The van der Waals surface area contributed by atoms with Crippen molar-refractivity contribution in [1.29, 1.82) is 0 Å². The van der Waals surface area contributed by atoms with Gasteiger partial charge in [-0.15, -0.1) is 16.4 Å². The Hall–Kier alpha value is -3.07. The molecule has 0 bridgehead atoms. The molecular weight excluding hydrogens is 394 g/mol. The van der Waals surface area contributed by atoms with Gasteiger partial charge in [-0.3, -0.25) is 10.1 Å². The molecule has 1 amide bonds. The first-order chi connectivity index (χ1) is 14.1. The van der Waals surface area contributed by atoms with E-state index in [1.807, 2.05) is 38.3 Å². The molecule has 0 spiro atoms. The van der Waals surface area contributed by atoms with E-state index < -0.39 is 5.91 Å². The molecule has 0 unspecified atom stereocenters. The second-order valence-corrected chi connectivity index (χ2v) is 6.84. The van der Waals surface area contributed by atoms with Gasteiger partial charge in [-0.2, -0.15) is 0 Å². The van der Waals surface area contributed by atoms with Crippen molar-refractivity contribution in [3.8, 4) is 17.2 Å². The molecule has 9 heteroatoms. The van der Waals surface area contributed by atoms with Crippen LogP contribution >= 0.6 is 11.3 Å². The molecule has 2 heterocycles. The number of thiophene rings is 1. The quantitative estimate of drug-likeness (QED) is 0.529. The number of ether oxygens (including phenoxy) is 3. The first kappa shape index (κ1) is 20.7. The Balaban J connectivity index is 1.80. The smallest absolute Gasteiger partial charge is 0.322 e. The summed E-state index contributed by atoms with van der Waals surface area (Å²) in [6, 6.07) is 7.19. The molecule has 0 radical (unpaired) electrons. The van der Waals surface area contributed by atoms with Crippen molar-refractivity contribution in [3.63, 3.8) is 0 Å². The largest absolute Gasteiger partial charge is 0.490 e. The first-order valence-corrected chi connectivity index (χ1v) is 10.2. The van der Waals surface area contributed by atoms with Crippen LogP contribution in [0.3, 0.4) is 0 Å². The van der Waals surface area contributed by atoms with Gasteiger partial charge in [-0.25, -0.2) is 0 Å². The number of hydrogen-bond acceptors (Lipinski definition) is 8. The molecule has 0 saturated heterocycles. The molecule has 0 aliphatic carbocycles. The molecule has 154 valence electrons. The zero-order chi connectivity index (χ0) is 20.6. The first-order valence-electron chi connectivity index (χ1n) is 9.37. The minimum absolute atomic E-state index is 0.0337. The van der Waals surface area contributed by atoms with E-state index in [9.17, 15) is 4.79 Å². The second kappa shape index (κ2) is 9.92. The van der Waals surface area contributed by atoms with Crippen LogP contribution < -0.4 is 19.5 Å². The number of amides is 1. The lowest BCUT2D eigenvalue weighted by Crippen LogP contribution is -2.13. The fourth-order valence-corrected chi connectivity index (χ4v) is 3.32. The number of hydrogen-bond donors (Lipinski definition) is 1. The highest BCUT2D eigenvalue weighted by Crippen LogP contribution is 2.39. The zero-order valence-electron chi connectivity index (χ0n) is 16.6. The predicted octanol–water partition coefficient (Wildman–Crippen LogP) is 4.17. The summed E-state index contributed by atoms with van der Waals surface area (Å²) in [5, 5.41) is 12.5. The standard InChI is InChI=1S/C20H23N3O5S/c1-4-25-15-10-13(11-16(26-5-2)18(15)27-6-3)19(24)21-20-23-22-17(28-20)12-14-8-7-9-29-14/h7-11H,4-6,12H2,1-3H3,(H,21,23,24). The van der Waals surface area contributed by atoms with Gasteiger partial charge < -0.3 is 18.6 Å². The van der Waals surface area contributed by atoms with Gasteiger partial charge in [0.15, 0.2) is 11.5 Å². The lowest BCUT2D eigenvalue weighted by atomic mass is 10.1. The van der Waals surface area contributed by atoms with Crippen LogP contribution in [-0.2, 0) is 6.42 Å². The molecule has 0 saturated carbocycles. The average molecular weight is 417 g/mol. The van der Waals surface area contributed by atoms with Gasteiger partial charge in [0.1, 0.15) is 0 Å². The number of aromatic nitrogens is 2. The van der Waals surface area contributed by atoms with Crippen molar-refractivity contribution in [2.75, 3.05) is 25.1 Å². The summed E-state index contributed by atoms with van der Waals surface area (Å²) in [6.07, 6.45) is 0.520. The lowest BCUT2D eigenvalue weighted by molar-refractivity contribution is 0.102. The molecule has 1 aromatic carbocycles. The normalized spacial score (nSPS) is 10.6. The lowest BCUT2D eigenvalue weighted by Gasteiger charge is -2.16. The van der Waals surface area contributed by atoms with Crippen molar-refractivity contribution in [3.05, 3.63) is 46.0 Å². The van der Waals surface area contributed by atoms with Crippen LogP contribution in [0.25, 0.3) is 0 Å². The van der Waals surface area contributed by atoms with Crippen LogP contribution in [0.4, 0.5) is 6.01 Å². The Morgan fingerprint density at radius 1 is 1.07 bits per heavy atom. The highest BCUT2D eigenvalue weighted by Gasteiger charge is 2.20. The molecular formula is C20H23N3O5S. The van der Waals surface area contributed by atoms with E-state index in [-0.39, 0.29) is 6.01 Å². The summed E-state index contributed by atoms with van der Waals surface area (Å²) in [4.78, 5) is 13.8. The van der Waals surface area contributed by atoms with Crippen molar-refractivity contribution in [2.45, 2.75) is 27.2 Å². The van der Waals surface area contributed by atoms with E-state index in [4.69, 9.17) is 18.6 Å². The van der Waals surface area contributed by atoms with Crippen LogP contribution in [0.5, 0.6) is 17.2 Å². The van der Waals surface area contributed by atoms with Gasteiger partial charge in [-0.1, -0.05) is 11.2 Å². The summed E-state index contributed by atoms with van der Waals surface area (Å²) >= 11 is 1.60. The molecule has 2 aromatic heterocycles. The minimum atomic E-state index is -0.415. The Bertz CT molecular complexity index is 913. The number of rotatable bonds is 10. The molecule has 8 nitrogen and oxygen atoms in total. The maximum absolute atomic E-state index is 12.7. The van der Waals surface area contributed by atoms with Gasteiger partial charge in [0.25, 0.3) is 5.91 Å². The topological polar surface area (TPSA) is 95.7 Å². The summed E-state index contributed by atoms with van der Waals surface area (Å²) < 4.78 is 22.5. The van der Waals surface area contributed by atoms with Gasteiger partial charge in [-0.05, 0) is 44.4 Å². The summed E-state index contributed by atoms with van der Waals surface area (Å²) in [5.41, 5.74) is 0.332. The van der Waals surface area contributed by atoms with E-state index in [0.717, 1.165) is 4.88 Å². The molecule has 3 aromatic rings. The van der Waals surface area contributed by atoms with Crippen molar-refractivity contribution in [1.82, 2.24) is 10.2 Å². The summed E-state index contributed by atoms with van der Waals surface area (Å²) in [7, 11) is 0. The average Bonchev–Trinajstić information content (AvgIpc) is 3.37. The molecule has 1 N–H and O–H groups in total. The third-order valence-electron chi connectivity index (χ3n) is 3.76. The fraction of sp³-hybridized carbons (Fsp3) is 0.350. The number of carbonyl (C=O) groups is 1. The van der Waals surface area contributed by atoms with Crippen molar-refractivity contribution >= 4 is 23.3 Å². The van der Waals surface area contributed by atoms with Gasteiger partial charge in [0.05, 0.1) is 26.2 Å². The molecule has 3 rings (SSSR count). The molecule has 0 aliphatic heterocycles. The van der Waals surface area contributed by atoms with Crippen molar-refractivity contribution < 1.29 is 23.4 Å². The van der Waals surface area contributed by atoms with E-state index >= 15 is 0 Å². The third-order valence-corrected chi connectivity index (χ3v) is 4.64. The zero-order valence-corrected chi connectivity index (χ0v) is 17.4. The van der Waals surface area contributed by atoms with Crippen LogP contribution in [0, 0.1) is 0 Å². The predicted molar refractivity (Wildman–Crippen MR) is 109 cm³/mol. The maximum Gasteiger partial charge on any atom is 0.322 e. The number of anilines is 1. The SMILES string of the molecule is CCOc1cc(C(=O)Nc2nnc(Cc3cccs3)o2)cc(OCC)c1OCC. The highest BCUT2D eigenvalue weighted by molar-refractivity contribution is 7.09. The van der Waals surface area contributed by atoms with Crippen LogP contribution in [0.15, 0.2) is 34.1 Å². The maximum atomic E-state index is 12.7. The van der Waals surface area contributed by atoms with Crippen LogP contribution in [0.2, 0.25) is 0 Å². The molecule has 0 aliphatic rings. The number of nitrogens with one attached hydrogen (secondary N) is 1. The summed E-state index contributed by atoms with van der Waals surface area (Å²) in [6.45, 7) is 6.88. The third kappa shape index (κ3) is 5.26. The van der Waals surface area contributed by atoms with E-state index in [1.165, 1.54) is 0 Å².